The standard InChI is InChI=1S/C21H25N3O3S/c1-2-3-12-22-19(25)17-6-4-13-24(17)21(27)15-8-10-16(11-9-15)23-20(26)18-7-5-14-28-18/h5,7-11,14,17H,2-4,6,12-13H2,1H3,(H,22,25)(H,23,26)/t17-/m1/s1. The van der Waals surface area contributed by atoms with Crippen LogP contribution >= 0.6 is 11.3 Å². The molecular weight excluding hydrogens is 374 g/mol. The number of amides is 3. The van der Waals surface area contributed by atoms with Gasteiger partial charge in [0.05, 0.1) is 4.88 Å². The molecule has 3 amide bonds. The summed E-state index contributed by atoms with van der Waals surface area (Å²) in [5.41, 5.74) is 1.15. The number of carbonyl (C=O) groups excluding carboxylic acids is 3. The Kier molecular flexibility index (Phi) is 6.81. The molecule has 3 rings (SSSR count). The van der Waals surface area contributed by atoms with Crippen molar-refractivity contribution in [2.75, 3.05) is 18.4 Å². The fourth-order valence-corrected chi connectivity index (χ4v) is 3.87. The van der Waals surface area contributed by atoms with Crippen LogP contribution in [0, 0.1) is 0 Å². The minimum atomic E-state index is -0.400. The van der Waals surface area contributed by atoms with E-state index < -0.39 is 6.04 Å². The third-order valence-corrected chi connectivity index (χ3v) is 5.65. The predicted octanol–water partition coefficient (Wildman–Crippen LogP) is 3.52. The molecule has 2 aromatic rings. The number of rotatable bonds is 7. The summed E-state index contributed by atoms with van der Waals surface area (Å²) in [4.78, 5) is 39.7. The van der Waals surface area contributed by atoms with E-state index in [0.29, 0.717) is 35.6 Å². The molecule has 0 saturated carbocycles. The van der Waals surface area contributed by atoms with Gasteiger partial charge in [0.25, 0.3) is 11.8 Å². The summed E-state index contributed by atoms with van der Waals surface area (Å²) in [6, 6.07) is 10.00. The van der Waals surface area contributed by atoms with Gasteiger partial charge in [0.1, 0.15) is 6.04 Å². The summed E-state index contributed by atoms with van der Waals surface area (Å²) >= 11 is 1.37. The lowest BCUT2D eigenvalue weighted by atomic mass is 10.1. The number of likely N-dealkylation sites (tertiary alicyclic amines) is 1. The van der Waals surface area contributed by atoms with Crippen molar-refractivity contribution in [3.05, 3.63) is 52.2 Å². The van der Waals surface area contributed by atoms with Crippen LogP contribution in [0.3, 0.4) is 0 Å². The minimum absolute atomic E-state index is 0.0702. The van der Waals surface area contributed by atoms with Crippen molar-refractivity contribution in [3.8, 4) is 0 Å². The third-order valence-electron chi connectivity index (χ3n) is 4.78. The van der Waals surface area contributed by atoms with Gasteiger partial charge < -0.3 is 15.5 Å². The predicted molar refractivity (Wildman–Crippen MR) is 111 cm³/mol. The van der Waals surface area contributed by atoms with Crippen molar-refractivity contribution in [1.82, 2.24) is 10.2 Å². The number of carbonyl (C=O) groups is 3. The molecule has 0 unspecified atom stereocenters. The van der Waals surface area contributed by atoms with E-state index in [1.54, 1.807) is 35.2 Å². The van der Waals surface area contributed by atoms with Crippen LogP contribution in [0.5, 0.6) is 0 Å². The zero-order valence-corrected chi connectivity index (χ0v) is 16.8. The molecule has 1 fully saturated rings. The second kappa shape index (κ2) is 9.50. The molecule has 1 aliphatic rings. The molecule has 0 bridgehead atoms. The second-order valence-corrected chi connectivity index (χ2v) is 7.76. The SMILES string of the molecule is CCCCNC(=O)[C@H]1CCCN1C(=O)c1ccc(NC(=O)c2cccs2)cc1. The van der Waals surface area contributed by atoms with E-state index in [1.807, 2.05) is 11.4 Å². The van der Waals surface area contributed by atoms with E-state index in [0.717, 1.165) is 19.3 Å². The molecule has 0 aliphatic carbocycles. The molecule has 1 aliphatic heterocycles. The fourth-order valence-electron chi connectivity index (χ4n) is 3.25. The average Bonchev–Trinajstić information content (AvgIpc) is 3.40. The van der Waals surface area contributed by atoms with Crippen molar-refractivity contribution in [2.24, 2.45) is 0 Å². The van der Waals surface area contributed by atoms with Gasteiger partial charge in [-0.05, 0) is 55.0 Å². The molecule has 2 heterocycles. The van der Waals surface area contributed by atoms with Gasteiger partial charge in [0.15, 0.2) is 0 Å². The van der Waals surface area contributed by atoms with E-state index in [9.17, 15) is 14.4 Å². The van der Waals surface area contributed by atoms with Gasteiger partial charge in [0, 0.05) is 24.3 Å². The number of hydrogen-bond acceptors (Lipinski definition) is 4. The summed E-state index contributed by atoms with van der Waals surface area (Å²) in [6.07, 6.45) is 3.47. The first-order valence-corrected chi connectivity index (χ1v) is 10.5. The number of thiophene rings is 1. The Hall–Kier alpha value is -2.67. The summed E-state index contributed by atoms with van der Waals surface area (Å²) in [5.74, 6) is -0.388. The maximum atomic E-state index is 12.9. The molecule has 1 aromatic heterocycles. The highest BCUT2D eigenvalue weighted by Crippen LogP contribution is 2.22. The van der Waals surface area contributed by atoms with E-state index in [1.165, 1.54) is 11.3 Å². The second-order valence-electron chi connectivity index (χ2n) is 6.81. The Morgan fingerprint density at radius 2 is 1.96 bits per heavy atom. The Labute approximate surface area is 168 Å². The summed E-state index contributed by atoms with van der Waals surface area (Å²) in [7, 11) is 0. The summed E-state index contributed by atoms with van der Waals surface area (Å²) < 4.78 is 0. The van der Waals surface area contributed by atoms with Gasteiger partial charge in [0.2, 0.25) is 5.91 Å². The highest BCUT2D eigenvalue weighted by Gasteiger charge is 2.34. The maximum Gasteiger partial charge on any atom is 0.265 e. The summed E-state index contributed by atoms with van der Waals surface area (Å²) in [6.45, 7) is 3.30. The van der Waals surface area contributed by atoms with Gasteiger partial charge in [-0.2, -0.15) is 0 Å². The van der Waals surface area contributed by atoms with Crippen molar-refractivity contribution >= 4 is 34.7 Å². The lowest BCUT2D eigenvalue weighted by Gasteiger charge is -2.24. The van der Waals surface area contributed by atoms with Gasteiger partial charge >= 0.3 is 0 Å². The van der Waals surface area contributed by atoms with Gasteiger partial charge in [-0.25, -0.2) is 0 Å². The van der Waals surface area contributed by atoms with Gasteiger partial charge in [-0.15, -0.1) is 11.3 Å². The monoisotopic (exact) mass is 399 g/mol. The Balaban J connectivity index is 1.62. The Bertz CT molecular complexity index is 818. The molecule has 6 nitrogen and oxygen atoms in total. The number of benzene rings is 1. The molecule has 1 saturated heterocycles. The molecule has 1 aromatic carbocycles. The number of anilines is 1. The normalized spacial score (nSPS) is 16.0. The molecule has 28 heavy (non-hydrogen) atoms. The molecule has 1 atom stereocenters. The van der Waals surface area contributed by atoms with Crippen LogP contribution < -0.4 is 10.6 Å². The van der Waals surface area contributed by atoms with Crippen LogP contribution in [0.2, 0.25) is 0 Å². The first-order valence-electron chi connectivity index (χ1n) is 9.63. The van der Waals surface area contributed by atoms with Crippen LogP contribution in [0.15, 0.2) is 41.8 Å². The molecule has 148 valence electrons. The van der Waals surface area contributed by atoms with Crippen LogP contribution in [0.25, 0.3) is 0 Å². The van der Waals surface area contributed by atoms with Crippen LogP contribution in [-0.2, 0) is 4.79 Å². The van der Waals surface area contributed by atoms with E-state index in [-0.39, 0.29) is 17.7 Å². The van der Waals surface area contributed by atoms with Crippen LogP contribution in [-0.4, -0.2) is 41.8 Å². The van der Waals surface area contributed by atoms with Gasteiger partial charge in [-0.3, -0.25) is 14.4 Å². The smallest absolute Gasteiger partial charge is 0.265 e. The van der Waals surface area contributed by atoms with E-state index in [4.69, 9.17) is 0 Å². The van der Waals surface area contributed by atoms with Crippen molar-refractivity contribution in [1.29, 1.82) is 0 Å². The van der Waals surface area contributed by atoms with Crippen molar-refractivity contribution < 1.29 is 14.4 Å². The van der Waals surface area contributed by atoms with Crippen LogP contribution in [0.1, 0.15) is 52.6 Å². The zero-order chi connectivity index (χ0) is 19.9. The fraction of sp³-hybridized carbons (Fsp3) is 0.381. The Morgan fingerprint density at radius 1 is 1.18 bits per heavy atom. The number of hydrogen-bond donors (Lipinski definition) is 2. The molecule has 2 N–H and O–H groups in total. The largest absolute Gasteiger partial charge is 0.354 e. The quantitative estimate of drug-likeness (QED) is 0.699. The summed E-state index contributed by atoms with van der Waals surface area (Å²) in [5, 5.41) is 7.59. The first-order chi connectivity index (χ1) is 13.6. The highest BCUT2D eigenvalue weighted by molar-refractivity contribution is 7.12. The first kappa shape index (κ1) is 20.1. The van der Waals surface area contributed by atoms with Crippen molar-refractivity contribution in [2.45, 2.75) is 38.6 Å². The Morgan fingerprint density at radius 3 is 2.64 bits per heavy atom. The molecule has 0 radical (unpaired) electrons. The lowest BCUT2D eigenvalue weighted by molar-refractivity contribution is -0.124. The van der Waals surface area contributed by atoms with E-state index in [2.05, 4.69) is 17.6 Å². The van der Waals surface area contributed by atoms with Gasteiger partial charge in [-0.1, -0.05) is 19.4 Å². The lowest BCUT2D eigenvalue weighted by Crippen LogP contribution is -2.46. The number of unbranched alkanes of at least 4 members (excludes halogenated alkanes) is 1. The maximum absolute atomic E-state index is 12.9. The van der Waals surface area contributed by atoms with Crippen molar-refractivity contribution in [3.63, 3.8) is 0 Å². The molecule has 0 spiro atoms. The highest BCUT2D eigenvalue weighted by atomic mass is 32.1. The molecule has 7 heteroatoms. The molecular formula is C21H25N3O3S. The van der Waals surface area contributed by atoms with E-state index >= 15 is 0 Å². The zero-order valence-electron chi connectivity index (χ0n) is 15.9. The minimum Gasteiger partial charge on any atom is -0.354 e. The number of nitrogens with zero attached hydrogens (tertiary/aromatic N) is 1. The van der Waals surface area contributed by atoms with Crippen LogP contribution in [0.4, 0.5) is 5.69 Å². The number of nitrogens with one attached hydrogen (secondary N) is 2. The average molecular weight is 400 g/mol. The third kappa shape index (κ3) is 4.78. The topological polar surface area (TPSA) is 78.5 Å².